The summed E-state index contributed by atoms with van der Waals surface area (Å²) in [5, 5.41) is 9.36. The Hall–Kier alpha value is -3.89. The summed E-state index contributed by atoms with van der Waals surface area (Å²) in [5.74, 6) is 0.248. The molecule has 2 aromatic rings. The molecular weight excluding hydrogens is 502 g/mol. The predicted octanol–water partition coefficient (Wildman–Crippen LogP) is 3.23. The SMILES string of the molecule is COc1ccc(CCN2C(=O)N(CC(C)C)C(=O)C23CCN(c2ccnc(OC(C)(C)C(=O)O)n2)CC3)cc1. The maximum absolute atomic E-state index is 13.8. The molecule has 4 rings (SSSR count). The van der Waals surface area contributed by atoms with Crippen molar-refractivity contribution in [1.29, 1.82) is 0 Å². The summed E-state index contributed by atoms with van der Waals surface area (Å²) in [6, 6.07) is 9.20. The fourth-order valence-electron chi connectivity index (χ4n) is 5.07. The van der Waals surface area contributed by atoms with Crippen LogP contribution in [0.15, 0.2) is 36.5 Å². The monoisotopic (exact) mass is 539 g/mol. The number of benzene rings is 1. The van der Waals surface area contributed by atoms with Crippen LogP contribution in [0.5, 0.6) is 11.8 Å². The molecule has 1 aromatic carbocycles. The van der Waals surface area contributed by atoms with Crippen molar-refractivity contribution in [2.45, 2.75) is 58.1 Å². The number of anilines is 1. The minimum atomic E-state index is -1.48. The Labute approximate surface area is 228 Å². The van der Waals surface area contributed by atoms with E-state index in [-0.39, 0.29) is 23.9 Å². The van der Waals surface area contributed by atoms with Gasteiger partial charge in [-0.1, -0.05) is 26.0 Å². The number of carbonyl (C=O) groups excluding carboxylic acids is 2. The highest BCUT2D eigenvalue weighted by Gasteiger charge is 2.57. The number of methoxy groups -OCH3 is 1. The summed E-state index contributed by atoms with van der Waals surface area (Å²) in [6.07, 6.45) is 3.05. The average Bonchev–Trinajstić information content (AvgIpc) is 3.08. The van der Waals surface area contributed by atoms with Crippen molar-refractivity contribution in [2.75, 3.05) is 38.2 Å². The van der Waals surface area contributed by atoms with E-state index in [2.05, 4.69) is 9.97 Å². The maximum atomic E-state index is 13.8. The number of hydrogen-bond acceptors (Lipinski definition) is 8. The van der Waals surface area contributed by atoms with Crippen molar-refractivity contribution in [1.82, 2.24) is 19.8 Å². The number of carbonyl (C=O) groups is 3. The Morgan fingerprint density at radius 2 is 1.79 bits per heavy atom. The van der Waals surface area contributed by atoms with Gasteiger partial charge in [-0.15, -0.1) is 0 Å². The molecule has 3 amide bonds. The van der Waals surface area contributed by atoms with E-state index in [0.29, 0.717) is 51.3 Å². The summed E-state index contributed by atoms with van der Waals surface area (Å²) in [4.78, 5) is 52.4. The summed E-state index contributed by atoms with van der Waals surface area (Å²) in [7, 11) is 1.62. The number of imide groups is 1. The van der Waals surface area contributed by atoms with E-state index >= 15 is 0 Å². The first-order valence-electron chi connectivity index (χ1n) is 13.2. The molecule has 0 atom stereocenters. The van der Waals surface area contributed by atoms with Gasteiger partial charge in [-0.25, -0.2) is 14.6 Å². The summed E-state index contributed by atoms with van der Waals surface area (Å²) >= 11 is 0. The third-order valence-electron chi connectivity index (χ3n) is 7.35. The standard InChI is InChI=1S/C28H37N5O6/c1-19(2)18-32-23(34)28(33(26(32)37)15-11-20-6-8-21(38-5)9-7-20)12-16-31(17-13-28)22-10-14-29-25(30-22)39-27(3,4)24(35)36/h6-10,14,19H,11-13,15-18H2,1-5H3,(H,35,36). The van der Waals surface area contributed by atoms with E-state index in [0.717, 1.165) is 11.3 Å². The van der Waals surface area contributed by atoms with Crippen LogP contribution in [0.2, 0.25) is 0 Å². The van der Waals surface area contributed by atoms with Gasteiger partial charge in [0, 0.05) is 32.4 Å². The van der Waals surface area contributed by atoms with Crippen LogP contribution in [0.3, 0.4) is 0 Å². The number of ether oxygens (including phenoxy) is 2. The van der Waals surface area contributed by atoms with E-state index in [4.69, 9.17) is 9.47 Å². The molecule has 11 nitrogen and oxygen atoms in total. The van der Waals surface area contributed by atoms with Crippen LogP contribution in [0, 0.1) is 5.92 Å². The number of nitrogens with zero attached hydrogens (tertiary/aromatic N) is 5. The molecule has 2 fully saturated rings. The molecule has 2 aliphatic rings. The van der Waals surface area contributed by atoms with Gasteiger partial charge in [-0.05, 0) is 62.8 Å². The van der Waals surface area contributed by atoms with Crippen molar-refractivity contribution < 1.29 is 29.0 Å². The van der Waals surface area contributed by atoms with E-state index < -0.39 is 17.1 Å². The number of carboxylic acids is 1. The number of urea groups is 1. The van der Waals surface area contributed by atoms with Gasteiger partial charge in [0.1, 0.15) is 17.1 Å². The predicted molar refractivity (Wildman–Crippen MR) is 144 cm³/mol. The third kappa shape index (κ3) is 5.76. The van der Waals surface area contributed by atoms with Crippen LogP contribution in [0.4, 0.5) is 10.6 Å². The zero-order valence-corrected chi connectivity index (χ0v) is 23.2. The molecule has 0 aliphatic carbocycles. The number of rotatable bonds is 10. The van der Waals surface area contributed by atoms with Gasteiger partial charge in [0.25, 0.3) is 5.91 Å². The van der Waals surface area contributed by atoms with Gasteiger partial charge in [0.2, 0.25) is 5.60 Å². The second-order valence-electron chi connectivity index (χ2n) is 11.0. The molecule has 210 valence electrons. The smallest absolute Gasteiger partial charge is 0.347 e. The number of piperidine rings is 1. The van der Waals surface area contributed by atoms with E-state index in [1.54, 1.807) is 18.1 Å². The van der Waals surface area contributed by atoms with E-state index in [1.165, 1.54) is 24.9 Å². The topological polar surface area (TPSA) is 125 Å². The molecule has 0 saturated carbocycles. The summed E-state index contributed by atoms with van der Waals surface area (Å²) < 4.78 is 10.7. The zero-order valence-electron chi connectivity index (χ0n) is 23.2. The fraction of sp³-hybridized carbons (Fsp3) is 0.536. The molecule has 3 heterocycles. The average molecular weight is 540 g/mol. The molecule has 1 aromatic heterocycles. The van der Waals surface area contributed by atoms with Crippen LogP contribution in [-0.2, 0) is 16.0 Å². The Morgan fingerprint density at radius 3 is 2.38 bits per heavy atom. The molecule has 11 heteroatoms. The third-order valence-corrected chi connectivity index (χ3v) is 7.35. The second-order valence-corrected chi connectivity index (χ2v) is 11.0. The Balaban J connectivity index is 1.52. The molecule has 2 saturated heterocycles. The van der Waals surface area contributed by atoms with Crippen molar-refractivity contribution >= 4 is 23.7 Å². The van der Waals surface area contributed by atoms with Gasteiger partial charge in [0.15, 0.2) is 0 Å². The number of aliphatic carboxylic acids is 1. The van der Waals surface area contributed by atoms with Gasteiger partial charge in [0.05, 0.1) is 7.11 Å². The van der Waals surface area contributed by atoms with Crippen LogP contribution in [0.1, 0.15) is 46.1 Å². The number of hydrogen-bond donors (Lipinski definition) is 1. The number of aromatic nitrogens is 2. The van der Waals surface area contributed by atoms with Crippen molar-refractivity contribution in [3.8, 4) is 11.8 Å². The molecule has 0 bridgehead atoms. The lowest BCUT2D eigenvalue weighted by Gasteiger charge is -2.42. The highest BCUT2D eigenvalue weighted by atomic mass is 16.5. The molecule has 0 unspecified atom stereocenters. The lowest BCUT2D eigenvalue weighted by Crippen LogP contribution is -2.57. The van der Waals surface area contributed by atoms with Gasteiger partial charge < -0.3 is 24.4 Å². The first-order chi connectivity index (χ1) is 18.5. The number of carboxylic acid groups (broad SMARTS) is 1. The Kier molecular flexibility index (Phi) is 7.99. The number of amides is 3. The van der Waals surface area contributed by atoms with Gasteiger partial charge >= 0.3 is 18.0 Å². The molecule has 1 spiro atoms. The van der Waals surface area contributed by atoms with Crippen LogP contribution < -0.4 is 14.4 Å². The van der Waals surface area contributed by atoms with Gasteiger partial charge in [-0.2, -0.15) is 4.98 Å². The molecule has 39 heavy (non-hydrogen) atoms. The van der Waals surface area contributed by atoms with Crippen LogP contribution in [0.25, 0.3) is 0 Å². The quantitative estimate of drug-likeness (QED) is 0.453. The lowest BCUT2D eigenvalue weighted by atomic mass is 9.85. The van der Waals surface area contributed by atoms with Crippen molar-refractivity contribution in [3.63, 3.8) is 0 Å². The Bertz CT molecular complexity index is 1210. The highest BCUT2D eigenvalue weighted by molar-refractivity contribution is 6.07. The van der Waals surface area contributed by atoms with E-state index in [9.17, 15) is 19.5 Å². The van der Waals surface area contributed by atoms with E-state index in [1.807, 2.05) is 43.0 Å². The Morgan fingerprint density at radius 1 is 1.13 bits per heavy atom. The second kappa shape index (κ2) is 11.1. The summed E-state index contributed by atoms with van der Waals surface area (Å²) in [6.45, 7) is 8.66. The molecule has 1 N–H and O–H groups in total. The van der Waals surface area contributed by atoms with Crippen LogP contribution >= 0.6 is 0 Å². The molecular formula is C28H37N5O6. The first kappa shape index (κ1) is 28.1. The lowest BCUT2D eigenvalue weighted by molar-refractivity contribution is -0.152. The van der Waals surface area contributed by atoms with Crippen molar-refractivity contribution in [2.24, 2.45) is 5.92 Å². The summed E-state index contributed by atoms with van der Waals surface area (Å²) in [5.41, 5.74) is -1.33. The zero-order chi connectivity index (χ0) is 28.4. The normalized spacial score (nSPS) is 17.3. The first-order valence-corrected chi connectivity index (χ1v) is 13.2. The molecule has 0 radical (unpaired) electrons. The van der Waals surface area contributed by atoms with Crippen molar-refractivity contribution in [3.05, 3.63) is 42.1 Å². The fourth-order valence-corrected chi connectivity index (χ4v) is 5.07. The highest BCUT2D eigenvalue weighted by Crippen LogP contribution is 2.39. The minimum Gasteiger partial charge on any atom is -0.497 e. The minimum absolute atomic E-state index is 0.0310. The van der Waals surface area contributed by atoms with Gasteiger partial charge in [-0.3, -0.25) is 9.69 Å². The largest absolute Gasteiger partial charge is 0.497 e. The van der Waals surface area contributed by atoms with Crippen LogP contribution in [-0.4, -0.2) is 87.2 Å². The molecule has 2 aliphatic heterocycles. The maximum Gasteiger partial charge on any atom is 0.347 e.